The summed E-state index contributed by atoms with van der Waals surface area (Å²) in [5, 5.41) is 20.6. The zero-order chi connectivity index (χ0) is 20.7. The third kappa shape index (κ3) is 3.62. The van der Waals surface area contributed by atoms with Gasteiger partial charge in [-0.2, -0.15) is 0 Å². The molecule has 0 aliphatic heterocycles. The Kier molecular flexibility index (Phi) is 4.86. The van der Waals surface area contributed by atoms with Crippen molar-refractivity contribution in [2.24, 2.45) is 5.92 Å². The lowest BCUT2D eigenvalue weighted by molar-refractivity contribution is -0.148. The van der Waals surface area contributed by atoms with Gasteiger partial charge < -0.3 is 14.9 Å². The van der Waals surface area contributed by atoms with E-state index in [1.54, 1.807) is 24.3 Å². The van der Waals surface area contributed by atoms with Gasteiger partial charge >= 0.3 is 5.97 Å². The van der Waals surface area contributed by atoms with Gasteiger partial charge in [-0.15, -0.1) is 0 Å². The normalized spacial score (nSPS) is 18.6. The van der Waals surface area contributed by atoms with Crippen molar-refractivity contribution < 1.29 is 24.1 Å². The summed E-state index contributed by atoms with van der Waals surface area (Å²) in [6.45, 7) is 4.05. The second-order valence-corrected chi connectivity index (χ2v) is 7.82. The van der Waals surface area contributed by atoms with Gasteiger partial charge in [-0.05, 0) is 60.0 Å². The van der Waals surface area contributed by atoms with E-state index in [4.69, 9.17) is 14.8 Å². The molecule has 2 aromatic carbocycles. The number of halogens is 1. The standard InChI is InChI=1S/C23H22FNO4/c1-12(2)21-20(13-3-5-15(24)6-4-13)18-8-7-16(26)11-19(18)22(25-21)29-17-9-14(10-17)23(27)28/h3-8,11-12,14,17,26H,9-10H2,1-2H3,(H,27,28)/t14-,17-. The van der Waals surface area contributed by atoms with Crippen LogP contribution in [0.25, 0.3) is 21.9 Å². The van der Waals surface area contributed by atoms with Gasteiger partial charge in [0, 0.05) is 10.9 Å². The predicted molar refractivity (Wildman–Crippen MR) is 108 cm³/mol. The first kappa shape index (κ1) is 19.2. The third-order valence-electron chi connectivity index (χ3n) is 5.38. The highest BCUT2D eigenvalue weighted by atomic mass is 19.1. The van der Waals surface area contributed by atoms with Crippen LogP contribution in [0.4, 0.5) is 4.39 Å². The number of aromatic nitrogens is 1. The minimum atomic E-state index is -0.810. The highest BCUT2D eigenvalue weighted by molar-refractivity contribution is 6.01. The molecule has 0 radical (unpaired) electrons. The lowest BCUT2D eigenvalue weighted by Gasteiger charge is -2.32. The molecule has 0 unspecified atom stereocenters. The van der Waals surface area contributed by atoms with Crippen LogP contribution in [0.3, 0.4) is 0 Å². The van der Waals surface area contributed by atoms with E-state index in [0.717, 1.165) is 22.2 Å². The van der Waals surface area contributed by atoms with Crippen molar-refractivity contribution in [2.75, 3.05) is 0 Å². The fourth-order valence-corrected chi connectivity index (χ4v) is 3.74. The zero-order valence-electron chi connectivity index (χ0n) is 16.2. The van der Waals surface area contributed by atoms with Gasteiger partial charge in [-0.1, -0.05) is 26.0 Å². The number of hydrogen-bond acceptors (Lipinski definition) is 4. The molecule has 150 valence electrons. The molecule has 3 aromatic rings. The fourth-order valence-electron chi connectivity index (χ4n) is 3.74. The van der Waals surface area contributed by atoms with E-state index >= 15 is 0 Å². The van der Waals surface area contributed by atoms with Crippen molar-refractivity contribution in [3.05, 3.63) is 54.0 Å². The molecule has 1 heterocycles. The van der Waals surface area contributed by atoms with Crippen molar-refractivity contribution in [1.82, 2.24) is 4.98 Å². The highest BCUT2D eigenvalue weighted by Crippen LogP contribution is 2.41. The lowest BCUT2D eigenvalue weighted by atomic mass is 9.82. The highest BCUT2D eigenvalue weighted by Gasteiger charge is 2.36. The number of phenolic OH excluding ortho intramolecular Hbond substituents is 1. The molecule has 29 heavy (non-hydrogen) atoms. The molecule has 0 atom stereocenters. The molecule has 1 saturated carbocycles. The molecule has 0 amide bonds. The van der Waals surface area contributed by atoms with Gasteiger partial charge in [0.15, 0.2) is 0 Å². The van der Waals surface area contributed by atoms with Gasteiger partial charge in [-0.3, -0.25) is 4.79 Å². The van der Waals surface area contributed by atoms with Crippen molar-refractivity contribution in [3.8, 4) is 22.8 Å². The monoisotopic (exact) mass is 395 g/mol. The summed E-state index contributed by atoms with van der Waals surface area (Å²) in [6.07, 6.45) is 0.660. The lowest BCUT2D eigenvalue weighted by Crippen LogP contribution is -2.38. The van der Waals surface area contributed by atoms with E-state index in [2.05, 4.69) is 0 Å². The maximum absolute atomic E-state index is 13.5. The molecule has 5 nitrogen and oxygen atoms in total. The summed E-state index contributed by atoms with van der Waals surface area (Å²) in [6, 6.07) is 11.3. The van der Waals surface area contributed by atoms with Crippen LogP contribution >= 0.6 is 0 Å². The second-order valence-electron chi connectivity index (χ2n) is 7.82. The summed E-state index contributed by atoms with van der Waals surface area (Å²) >= 11 is 0. The van der Waals surface area contributed by atoms with E-state index in [9.17, 15) is 14.3 Å². The number of pyridine rings is 1. The van der Waals surface area contributed by atoms with Crippen LogP contribution in [0.1, 0.15) is 38.3 Å². The average Bonchev–Trinajstić information content (AvgIpc) is 2.64. The summed E-state index contributed by atoms with van der Waals surface area (Å²) in [4.78, 5) is 15.8. The quantitative estimate of drug-likeness (QED) is 0.627. The first-order valence-electron chi connectivity index (χ1n) is 9.65. The van der Waals surface area contributed by atoms with Crippen LogP contribution < -0.4 is 4.74 Å². The Hall–Kier alpha value is -3.15. The largest absolute Gasteiger partial charge is 0.508 e. The van der Waals surface area contributed by atoms with Crippen molar-refractivity contribution in [2.45, 2.75) is 38.7 Å². The first-order chi connectivity index (χ1) is 13.8. The van der Waals surface area contributed by atoms with E-state index in [1.165, 1.54) is 12.1 Å². The molecule has 1 aromatic heterocycles. The molecule has 4 rings (SSSR count). The Morgan fingerprint density at radius 2 is 1.83 bits per heavy atom. The summed E-state index contributed by atoms with van der Waals surface area (Å²) in [5.41, 5.74) is 2.51. The number of hydrogen-bond donors (Lipinski definition) is 2. The molecule has 0 bridgehead atoms. The number of benzene rings is 2. The Labute approximate surface area is 167 Å². The number of aliphatic carboxylic acids is 1. The third-order valence-corrected chi connectivity index (χ3v) is 5.38. The number of carbonyl (C=O) groups is 1. The Morgan fingerprint density at radius 3 is 2.45 bits per heavy atom. The molecular formula is C23H22FNO4. The number of rotatable bonds is 5. The molecule has 0 spiro atoms. The van der Waals surface area contributed by atoms with Gasteiger partial charge in [0.2, 0.25) is 5.88 Å². The van der Waals surface area contributed by atoms with Gasteiger partial charge in [-0.25, -0.2) is 9.37 Å². The van der Waals surface area contributed by atoms with Gasteiger partial charge in [0.05, 0.1) is 11.6 Å². The van der Waals surface area contributed by atoms with Crippen molar-refractivity contribution in [3.63, 3.8) is 0 Å². The van der Waals surface area contributed by atoms with Gasteiger partial charge in [0.25, 0.3) is 0 Å². The average molecular weight is 395 g/mol. The van der Waals surface area contributed by atoms with E-state index in [0.29, 0.717) is 24.1 Å². The topological polar surface area (TPSA) is 79.7 Å². The zero-order valence-corrected chi connectivity index (χ0v) is 16.2. The summed E-state index contributed by atoms with van der Waals surface area (Å²) in [5.74, 6) is -0.961. The van der Waals surface area contributed by atoms with Crippen molar-refractivity contribution >= 4 is 16.7 Å². The van der Waals surface area contributed by atoms with Crippen LogP contribution in [0.2, 0.25) is 0 Å². The summed E-state index contributed by atoms with van der Waals surface area (Å²) < 4.78 is 19.5. The van der Waals surface area contributed by atoms with Crippen molar-refractivity contribution in [1.29, 1.82) is 0 Å². The van der Waals surface area contributed by atoms with Gasteiger partial charge in [0.1, 0.15) is 17.7 Å². The Balaban J connectivity index is 1.85. The molecule has 1 fully saturated rings. The maximum Gasteiger partial charge on any atom is 0.306 e. The van der Waals surface area contributed by atoms with E-state index < -0.39 is 5.97 Å². The second kappa shape index (κ2) is 7.35. The van der Waals surface area contributed by atoms with Crippen LogP contribution in [-0.4, -0.2) is 27.3 Å². The number of fused-ring (bicyclic) bond motifs is 1. The number of nitrogens with zero attached hydrogens (tertiary/aromatic N) is 1. The van der Waals surface area contributed by atoms with E-state index in [-0.39, 0.29) is 29.5 Å². The number of ether oxygens (including phenoxy) is 1. The maximum atomic E-state index is 13.5. The number of carboxylic acid groups (broad SMARTS) is 1. The molecular weight excluding hydrogens is 373 g/mol. The predicted octanol–water partition coefficient (Wildman–Crippen LogP) is 5.11. The summed E-state index contributed by atoms with van der Waals surface area (Å²) in [7, 11) is 0. The van der Waals surface area contributed by atoms with Crippen LogP contribution in [-0.2, 0) is 4.79 Å². The molecule has 1 aliphatic rings. The van der Waals surface area contributed by atoms with Crippen LogP contribution in [0, 0.1) is 11.7 Å². The number of aromatic hydroxyl groups is 1. The molecule has 2 N–H and O–H groups in total. The number of carboxylic acids is 1. The fraction of sp³-hybridized carbons (Fsp3) is 0.304. The smallest absolute Gasteiger partial charge is 0.306 e. The SMILES string of the molecule is CC(C)c1nc(O[C@H]2C[C@H](C(=O)O)C2)c2cc(O)ccc2c1-c1ccc(F)cc1. The Bertz CT molecular complexity index is 1070. The number of phenols is 1. The minimum Gasteiger partial charge on any atom is -0.508 e. The Morgan fingerprint density at radius 1 is 1.14 bits per heavy atom. The van der Waals surface area contributed by atoms with Crippen LogP contribution in [0.15, 0.2) is 42.5 Å². The molecule has 0 saturated heterocycles. The van der Waals surface area contributed by atoms with E-state index in [1.807, 2.05) is 19.9 Å². The molecule has 6 heteroatoms. The van der Waals surface area contributed by atoms with Crippen LogP contribution in [0.5, 0.6) is 11.6 Å². The first-order valence-corrected chi connectivity index (χ1v) is 9.65. The molecule has 1 aliphatic carbocycles. The minimum absolute atomic E-state index is 0.0729.